The molecule has 0 saturated carbocycles. The largest absolute Gasteiger partial charge is 0.318 e. The van der Waals surface area contributed by atoms with Crippen molar-refractivity contribution in [3.05, 3.63) is 93.8 Å². The predicted molar refractivity (Wildman–Crippen MR) is 147 cm³/mol. The van der Waals surface area contributed by atoms with E-state index in [-0.39, 0.29) is 11.4 Å². The minimum absolute atomic E-state index is 0.0550. The van der Waals surface area contributed by atoms with Crippen molar-refractivity contribution in [2.24, 2.45) is 10.1 Å². The molecule has 2 aromatic carbocycles. The second-order valence-electron chi connectivity index (χ2n) is 8.61. The maximum absolute atomic E-state index is 12.9. The number of amides is 1. The van der Waals surface area contributed by atoms with Crippen LogP contribution in [0.2, 0.25) is 0 Å². The lowest BCUT2D eigenvalue weighted by atomic mass is 10.1. The smallest absolute Gasteiger partial charge is 0.283 e. The molecule has 3 aromatic rings. The van der Waals surface area contributed by atoms with Gasteiger partial charge in [0.15, 0.2) is 10.2 Å². The SMILES string of the molecule is Cc1ccc(C)c(-n2c(C)cc(/C=C3\C(=N)N4N=C(SCc5ccccc5)SC4=NC3=O)c2C)c1. The summed E-state index contributed by atoms with van der Waals surface area (Å²) in [5.41, 5.74) is 7.90. The summed E-state index contributed by atoms with van der Waals surface area (Å²) in [4.78, 5) is 17.2. The van der Waals surface area contributed by atoms with Crippen LogP contribution in [0.1, 0.15) is 33.6 Å². The van der Waals surface area contributed by atoms with E-state index in [1.165, 1.54) is 33.5 Å². The Kier molecular flexibility index (Phi) is 6.25. The van der Waals surface area contributed by atoms with Crippen LogP contribution in [-0.4, -0.2) is 30.9 Å². The Morgan fingerprint density at radius 1 is 1.06 bits per heavy atom. The number of hydrogen-bond acceptors (Lipinski definition) is 5. The first-order valence-electron chi connectivity index (χ1n) is 11.3. The lowest BCUT2D eigenvalue weighted by Gasteiger charge is -2.20. The van der Waals surface area contributed by atoms with Crippen LogP contribution >= 0.6 is 23.5 Å². The lowest BCUT2D eigenvalue weighted by Crippen LogP contribution is -2.35. The summed E-state index contributed by atoms with van der Waals surface area (Å²) in [5, 5.41) is 15.2. The predicted octanol–water partition coefficient (Wildman–Crippen LogP) is 6.22. The Labute approximate surface area is 213 Å². The van der Waals surface area contributed by atoms with Gasteiger partial charge in [0.2, 0.25) is 5.17 Å². The summed E-state index contributed by atoms with van der Waals surface area (Å²) in [6.45, 7) is 8.27. The minimum atomic E-state index is -0.408. The standard InChI is InChI=1S/C27H25N5OS2/c1-16-10-11-17(2)23(12-16)31-18(3)13-21(19(31)4)14-22-24(28)32-26(29-25(22)33)35-27(30-32)34-15-20-8-6-5-7-9-20/h5-14,28H,15H2,1-4H3/b22-14+,28-24?. The van der Waals surface area contributed by atoms with Crippen LogP contribution in [0.15, 0.2) is 70.3 Å². The summed E-state index contributed by atoms with van der Waals surface area (Å²) < 4.78 is 2.97. The molecule has 0 aliphatic carbocycles. The second kappa shape index (κ2) is 9.36. The number of hydrogen-bond donors (Lipinski definition) is 1. The van der Waals surface area contributed by atoms with Gasteiger partial charge >= 0.3 is 0 Å². The number of hydrazone groups is 1. The van der Waals surface area contributed by atoms with Crippen molar-refractivity contribution in [3.63, 3.8) is 0 Å². The van der Waals surface area contributed by atoms with Crippen molar-refractivity contribution in [1.29, 1.82) is 5.41 Å². The maximum Gasteiger partial charge on any atom is 0.283 e. The lowest BCUT2D eigenvalue weighted by molar-refractivity contribution is -0.114. The second-order valence-corrected chi connectivity index (χ2v) is 10.8. The van der Waals surface area contributed by atoms with Gasteiger partial charge in [-0.2, -0.15) is 10.0 Å². The number of fused-ring (bicyclic) bond motifs is 1. The van der Waals surface area contributed by atoms with Crippen LogP contribution < -0.4 is 0 Å². The zero-order valence-corrected chi connectivity index (χ0v) is 21.6. The van der Waals surface area contributed by atoms with Crippen molar-refractivity contribution >= 4 is 50.9 Å². The van der Waals surface area contributed by atoms with Gasteiger partial charge in [-0.3, -0.25) is 10.2 Å². The third kappa shape index (κ3) is 4.51. The number of benzene rings is 2. The first kappa shape index (κ1) is 23.4. The fourth-order valence-electron chi connectivity index (χ4n) is 4.17. The molecule has 0 atom stereocenters. The number of aromatic nitrogens is 1. The van der Waals surface area contributed by atoms with Crippen molar-refractivity contribution in [2.45, 2.75) is 33.4 Å². The molecule has 0 radical (unpaired) electrons. The van der Waals surface area contributed by atoms with Crippen LogP contribution in [0.25, 0.3) is 11.8 Å². The average molecular weight is 500 g/mol. The number of rotatable bonds is 4. The molecule has 5 rings (SSSR count). The van der Waals surface area contributed by atoms with E-state index >= 15 is 0 Å². The molecule has 0 saturated heterocycles. The van der Waals surface area contributed by atoms with Crippen LogP contribution in [0.5, 0.6) is 0 Å². The molecule has 0 spiro atoms. The molecular weight excluding hydrogens is 474 g/mol. The van der Waals surface area contributed by atoms with Gasteiger partial charge in [0.25, 0.3) is 5.91 Å². The van der Waals surface area contributed by atoms with Crippen molar-refractivity contribution < 1.29 is 4.79 Å². The van der Waals surface area contributed by atoms with Crippen molar-refractivity contribution in [3.8, 4) is 5.69 Å². The highest BCUT2D eigenvalue weighted by molar-refractivity contribution is 8.45. The number of nitrogens with one attached hydrogen (secondary N) is 1. The minimum Gasteiger partial charge on any atom is -0.318 e. The van der Waals surface area contributed by atoms with E-state index in [1.807, 2.05) is 31.2 Å². The van der Waals surface area contributed by atoms with Crippen LogP contribution in [0.4, 0.5) is 0 Å². The molecule has 8 heteroatoms. The zero-order chi connectivity index (χ0) is 24.7. The van der Waals surface area contributed by atoms with E-state index in [1.54, 1.807) is 17.8 Å². The van der Waals surface area contributed by atoms with Gasteiger partial charge in [0.05, 0.1) is 5.57 Å². The van der Waals surface area contributed by atoms with Gasteiger partial charge < -0.3 is 4.57 Å². The molecular formula is C27H25N5OS2. The zero-order valence-electron chi connectivity index (χ0n) is 20.0. The van der Waals surface area contributed by atoms with E-state index in [0.29, 0.717) is 5.17 Å². The number of thioether (sulfide) groups is 2. The summed E-state index contributed by atoms with van der Waals surface area (Å²) in [7, 11) is 0. The van der Waals surface area contributed by atoms with E-state index in [9.17, 15) is 4.79 Å². The first-order valence-corrected chi connectivity index (χ1v) is 13.1. The Balaban J connectivity index is 1.43. The number of aryl methyl sites for hydroxylation is 3. The first-order chi connectivity index (χ1) is 16.8. The molecule has 2 aliphatic heterocycles. The molecule has 1 amide bonds. The number of carbonyl (C=O) groups is 1. The molecule has 1 N–H and O–H groups in total. The summed E-state index contributed by atoms with van der Waals surface area (Å²) in [5.74, 6) is 0.413. The highest BCUT2D eigenvalue weighted by Gasteiger charge is 2.36. The van der Waals surface area contributed by atoms with E-state index in [2.05, 4.69) is 65.8 Å². The fourth-order valence-corrected chi connectivity index (χ4v) is 6.06. The van der Waals surface area contributed by atoms with E-state index in [4.69, 9.17) is 5.41 Å². The molecule has 3 heterocycles. The number of aliphatic imine (C=N–C) groups is 1. The summed E-state index contributed by atoms with van der Waals surface area (Å²) >= 11 is 2.91. The van der Waals surface area contributed by atoms with Crippen molar-refractivity contribution in [2.75, 3.05) is 0 Å². The third-order valence-electron chi connectivity index (χ3n) is 6.02. The molecule has 1 aromatic heterocycles. The highest BCUT2D eigenvalue weighted by atomic mass is 32.2. The van der Waals surface area contributed by atoms with Gasteiger partial charge in [0.1, 0.15) is 0 Å². The number of amidine groups is 2. The van der Waals surface area contributed by atoms with E-state index in [0.717, 1.165) is 32.8 Å². The number of carbonyl (C=O) groups excluding carboxylic acids is 1. The van der Waals surface area contributed by atoms with Gasteiger partial charge in [0, 0.05) is 22.8 Å². The average Bonchev–Trinajstić information content (AvgIpc) is 3.37. The molecule has 176 valence electrons. The molecule has 6 nitrogen and oxygen atoms in total. The van der Waals surface area contributed by atoms with Crippen molar-refractivity contribution in [1.82, 2.24) is 9.58 Å². The Morgan fingerprint density at radius 3 is 2.60 bits per heavy atom. The van der Waals surface area contributed by atoms with Gasteiger partial charge in [-0.05, 0) is 79.9 Å². The van der Waals surface area contributed by atoms with Gasteiger partial charge in [-0.25, -0.2) is 0 Å². The maximum atomic E-state index is 12.9. The monoisotopic (exact) mass is 499 g/mol. The number of nitrogens with zero attached hydrogens (tertiary/aromatic N) is 4. The Morgan fingerprint density at radius 2 is 1.83 bits per heavy atom. The molecule has 35 heavy (non-hydrogen) atoms. The van der Waals surface area contributed by atoms with E-state index < -0.39 is 5.91 Å². The third-order valence-corrected chi connectivity index (χ3v) is 8.13. The topological polar surface area (TPSA) is 73.8 Å². The Hall–Kier alpha value is -3.36. The molecule has 0 fully saturated rings. The highest BCUT2D eigenvalue weighted by Crippen LogP contribution is 2.34. The molecule has 0 unspecified atom stereocenters. The fraction of sp³-hybridized carbons (Fsp3) is 0.185. The normalized spacial score (nSPS) is 16.6. The van der Waals surface area contributed by atoms with Gasteiger partial charge in [-0.15, -0.1) is 5.10 Å². The molecule has 0 bridgehead atoms. The summed E-state index contributed by atoms with van der Waals surface area (Å²) in [6, 6.07) is 18.6. The summed E-state index contributed by atoms with van der Waals surface area (Å²) in [6.07, 6.45) is 1.77. The van der Waals surface area contributed by atoms with Crippen LogP contribution in [0, 0.1) is 33.1 Å². The van der Waals surface area contributed by atoms with Gasteiger partial charge in [-0.1, -0.05) is 54.2 Å². The van der Waals surface area contributed by atoms with Crippen LogP contribution in [-0.2, 0) is 10.5 Å². The quantitative estimate of drug-likeness (QED) is 0.433. The van der Waals surface area contributed by atoms with Crippen LogP contribution in [0.3, 0.4) is 0 Å². The molecule has 2 aliphatic rings. The Bertz CT molecular complexity index is 1450.